The van der Waals surface area contributed by atoms with E-state index in [1.807, 2.05) is 19.9 Å². The third-order valence-corrected chi connectivity index (χ3v) is 3.05. The Bertz CT molecular complexity index is 491. The van der Waals surface area contributed by atoms with Gasteiger partial charge in [0.15, 0.2) is 0 Å². The monoisotopic (exact) mass is 281 g/mol. The van der Waals surface area contributed by atoms with Crippen molar-refractivity contribution >= 4 is 35.4 Å². The number of thiol groups is 1. The molecule has 0 N–H and O–H groups in total. The van der Waals surface area contributed by atoms with Crippen LogP contribution >= 0.6 is 12.6 Å². The van der Waals surface area contributed by atoms with Gasteiger partial charge < -0.3 is 0 Å². The summed E-state index contributed by atoms with van der Waals surface area (Å²) in [5, 5.41) is -0.397. The zero-order valence-corrected chi connectivity index (χ0v) is 12.6. The molecule has 5 nitrogen and oxygen atoms in total. The van der Waals surface area contributed by atoms with Gasteiger partial charge in [0.05, 0.1) is 0 Å². The summed E-state index contributed by atoms with van der Waals surface area (Å²) in [5.74, 6) is 1.02. The lowest BCUT2D eigenvalue weighted by Gasteiger charge is -2.20. The van der Waals surface area contributed by atoms with Gasteiger partial charge in [0.2, 0.25) is 5.91 Å². The van der Waals surface area contributed by atoms with Gasteiger partial charge in [0, 0.05) is 20.5 Å². The van der Waals surface area contributed by atoms with Crippen LogP contribution in [-0.4, -0.2) is 30.2 Å². The molecule has 104 valence electrons. The van der Waals surface area contributed by atoms with Crippen molar-refractivity contribution in [2.45, 2.75) is 26.7 Å². The number of aryl methyl sites for hydroxylation is 1. The Kier molecular flexibility index (Phi) is 5.35. The molecule has 6 heteroatoms. The van der Waals surface area contributed by atoms with E-state index in [4.69, 9.17) is 0 Å². The summed E-state index contributed by atoms with van der Waals surface area (Å²) in [5.41, 5.74) is 0.928. The molecule has 0 aliphatic carbocycles. The number of nitrogens with zero attached hydrogens (tertiary/aromatic N) is 3. The van der Waals surface area contributed by atoms with E-state index in [2.05, 4.69) is 17.6 Å². The minimum absolute atomic E-state index is 0.00593. The fourth-order valence-corrected chi connectivity index (χ4v) is 1.68. The molecule has 0 aliphatic rings. The Labute approximate surface area is 119 Å². The first kappa shape index (κ1) is 15.5. The predicted molar refractivity (Wildman–Crippen MR) is 80.1 cm³/mol. The molecule has 0 radical (unpaired) electrons. The Morgan fingerprint density at radius 3 is 2.21 bits per heavy atom. The standard InChI is InChI=1S/C13H19N3O2S/c1-5-6-12(17)15(3)10-7-9(2)8-11(14-10)16(4)13(18)19/h7-8H,5-6H2,1-4H3,(H,18,19). The van der Waals surface area contributed by atoms with Gasteiger partial charge in [-0.1, -0.05) is 19.6 Å². The fraction of sp³-hybridized carbons (Fsp3) is 0.462. The van der Waals surface area contributed by atoms with Crippen molar-refractivity contribution in [3.63, 3.8) is 0 Å². The molecule has 0 bridgehead atoms. The minimum atomic E-state index is -0.397. The highest BCUT2D eigenvalue weighted by atomic mass is 32.1. The van der Waals surface area contributed by atoms with Crippen LogP contribution in [0.15, 0.2) is 12.1 Å². The number of hydrogen-bond donors (Lipinski definition) is 1. The number of aromatic nitrogens is 1. The maximum Gasteiger partial charge on any atom is 0.283 e. The van der Waals surface area contributed by atoms with Crippen molar-refractivity contribution in [3.8, 4) is 0 Å². The molecule has 0 unspecified atom stereocenters. The van der Waals surface area contributed by atoms with Crippen molar-refractivity contribution < 1.29 is 9.59 Å². The molecule has 0 saturated heterocycles. The van der Waals surface area contributed by atoms with E-state index in [1.54, 1.807) is 20.2 Å². The zero-order chi connectivity index (χ0) is 14.6. The molecule has 2 amide bonds. The molecule has 19 heavy (non-hydrogen) atoms. The van der Waals surface area contributed by atoms with Crippen LogP contribution in [0.4, 0.5) is 16.4 Å². The maximum atomic E-state index is 11.9. The number of pyridine rings is 1. The number of rotatable bonds is 4. The van der Waals surface area contributed by atoms with Crippen LogP contribution in [0.25, 0.3) is 0 Å². The number of carbonyl (C=O) groups is 2. The highest BCUT2D eigenvalue weighted by Gasteiger charge is 2.15. The van der Waals surface area contributed by atoms with E-state index >= 15 is 0 Å². The van der Waals surface area contributed by atoms with Gasteiger partial charge >= 0.3 is 0 Å². The number of hydrogen-bond acceptors (Lipinski definition) is 3. The van der Waals surface area contributed by atoms with Crippen molar-refractivity contribution in [3.05, 3.63) is 17.7 Å². The molecule has 0 spiro atoms. The van der Waals surface area contributed by atoms with Crippen LogP contribution in [0.1, 0.15) is 25.3 Å². The first-order valence-corrected chi connectivity index (χ1v) is 6.53. The fourth-order valence-electron chi connectivity index (χ4n) is 1.58. The van der Waals surface area contributed by atoms with Crippen molar-refractivity contribution in [2.75, 3.05) is 23.9 Å². The average molecular weight is 281 g/mol. The minimum Gasteiger partial charge on any atom is -0.300 e. The quantitative estimate of drug-likeness (QED) is 0.863. The first-order valence-electron chi connectivity index (χ1n) is 6.08. The highest BCUT2D eigenvalue weighted by molar-refractivity contribution is 7.96. The molecule has 0 fully saturated rings. The number of carbonyl (C=O) groups excluding carboxylic acids is 2. The summed E-state index contributed by atoms with van der Waals surface area (Å²) in [6.07, 6.45) is 1.26. The largest absolute Gasteiger partial charge is 0.300 e. The summed E-state index contributed by atoms with van der Waals surface area (Å²) in [6, 6.07) is 3.59. The van der Waals surface area contributed by atoms with Gasteiger partial charge in [-0.2, -0.15) is 0 Å². The van der Waals surface area contributed by atoms with Crippen LogP contribution in [-0.2, 0) is 4.79 Å². The molecule has 1 aromatic heterocycles. The first-order chi connectivity index (χ1) is 8.86. The molecule has 0 atom stereocenters. The van der Waals surface area contributed by atoms with Crippen molar-refractivity contribution in [2.24, 2.45) is 0 Å². The topological polar surface area (TPSA) is 53.5 Å². The Morgan fingerprint density at radius 2 is 1.74 bits per heavy atom. The summed E-state index contributed by atoms with van der Waals surface area (Å²) < 4.78 is 0. The van der Waals surface area contributed by atoms with Crippen LogP contribution in [0.3, 0.4) is 0 Å². The van der Waals surface area contributed by atoms with Crippen LogP contribution in [0, 0.1) is 6.92 Å². The SMILES string of the molecule is CCCC(=O)N(C)c1cc(C)cc(N(C)C(=O)S)n1. The van der Waals surface area contributed by atoms with E-state index in [-0.39, 0.29) is 5.91 Å². The molecular formula is C13H19N3O2S. The lowest BCUT2D eigenvalue weighted by Crippen LogP contribution is -2.28. The van der Waals surface area contributed by atoms with Gasteiger partial charge in [0.1, 0.15) is 11.6 Å². The second-order valence-electron chi connectivity index (χ2n) is 4.41. The molecule has 0 aromatic carbocycles. The Balaban J connectivity index is 3.09. The van der Waals surface area contributed by atoms with Crippen LogP contribution in [0.5, 0.6) is 0 Å². The van der Waals surface area contributed by atoms with Crippen molar-refractivity contribution in [1.82, 2.24) is 4.98 Å². The Hall–Kier alpha value is -1.56. The number of amides is 2. The van der Waals surface area contributed by atoms with Gasteiger partial charge in [-0.05, 0) is 31.0 Å². The van der Waals surface area contributed by atoms with Gasteiger partial charge in [-0.25, -0.2) is 4.98 Å². The summed E-state index contributed by atoms with van der Waals surface area (Å²) in [7, 11) is 3.28. The molecule has 0 aliphatic heterocycles. The van der Waals surface area contributed by atoms with E-state index in [0.29, 0.717) is 18.1 Å². The van der Waals surface area contributed by atoms with E-state index in [0.717, 1.165) is 12.0 Å². The van der Waals surface area contributed by atoms with Gasteiger partial charge in [-0.15, -0.1) is 0 Å². The predicted octanol–water partition coefficient (Wildman–Crippen LogP) is 2.64. The lowest BCUT2D eigenvalue weighted by molar-refractivity contribution is -0.118. The third-order valence-electron chi connectivity index (χ3n) is 2.75. The Morgan fingerprint density at radius 1 is 1.21 bits per heavy atom. The van der Waals surface area contributed by atoms with Crippen molar-refractivity contribution in [1.29, 1.82) is 0 Å². The molecule has 0 saturated carbocycles. The average Bonchev–Trinajstić information content (AvgIpc) is 2.36. The smallest absolute Gasteiger partial charge is 0.283 e. The van der Waals surface area contributed by atoms with Gasteiger partial charge in [0.25, 0.3) is 5.24 Å². The normalized spacial score (nSPS) is 10.2. The molecular weight excluding hydrogens is 262 g/mol. The summed E-state index contributed by atoms with van der Waals surface area (Å²) >= 11 is 3.77. The summed E-state index contributed by atoms with van der Waals surface area (Å²) in [4.78, 5) is 30.3. The third kappa shape index (κ3) is 3.96. The van der Waals surface area contributed by atoms with E-state index in [9.17, 15) is 9.59 Å². The van der Waals surface area contributed by atoms with Gasteiger partial charge in [-0.3, -0.25) is 19.4 Å². The maximum absolute atomic E-state index is 11.9. The molecule has 1 aromatic rings. The highest BCUT2D eigenvalue weighted by Crippen LogP contribution is 2.20. The molecule has 1 heterocycles. The lowest BCUT2D eigenvalue weighted by atomic mass is 10.2. The van der Waals surface area contributed by atoms with E-state index in [1.165, 1.54) is 9.80 Å². The van der Waals surface area contributed by atoms with Crippen LogP contribution in [0.2, 0.25) is 0 Å². The van der Waals surface area contributed by atoms with E-state index < -0.39 is 5.24 Å². The second-order valence-corrected chi connectivity index (χ2v) is 4.79. The molecule has 1 rings (SSSR count). The van der Waals surface area contributed by atoms with Crippen LogP contribution < -0.4 is 9.80 Å². The summed E-state index contributed by atoms with van der Waals surface area (Å²) in [6.45, 7) is 3.85. The number of anilines is 2. The second kappa shape index (κ2) is 6.56. The zero-order valence-electron chi connectivity index (χ0n) is 11.7.